The van der Waals surface area contributed by atoms with E-state index in [9.17, 15) is 0 Å². The second-order valence-electron chi connectivity index (χ2n) is 3.21. The van der Waals surface area contributed by atoms with Gasteiger partial charge in [0.05, 0.1) is 7.11 Å². The van der Waals surface area contributed by atoms with Crippen LogP contribution in [0.15, 0.2) is 24.3 Å². The monoisotopic (exact) mass is 209 g/mol. The summed E-state index contributed by atoms with van der Waals surface area (Å²) in [6.45, 7) is 4.54. The van der Waals surface area contributed by atoms with Gasteiger partial charge in [-0.05, 0) is 25.5 Å². The van der Waals surface area contributed by atoms with Crippen molar-refractivity contribution in [2.24, 2.45) is 0 Å². The lowest BCUT2D eigenvalue weighted by Crippen LogP contribution is -2.05. The highest BCUT2D eigenvalue weighted by atomic mass is 16.5. The van der Waals surface area contributed by atoms with E-state index in [1.807, 2.05) is 31.2 Å². The zero-order valence-electron chi connectivity index (χ0n) is 9.45. The van der Waals surface area contributed by atoms with Crippen LogP contribution in [-0.2, 0) is 4.74 Å². The summed E-state index contributed by atoms with van der Waals surface area (Å²) in [5.74, 6) is 0.879. The van der Waals surface area contributed by atoms with Crippen molar-refractivity contribution in [2.75, 3.05) is 32.2 Å². The van der Waals surface area contributed by atoms with Gasteiger partial charge in [-0.25, -0.2) is 0 Å². The summed E-state index contributed by atoms with van der Waals surface area (Å²) in [6.07, 6.45) is 1.02. The minimum atomic E-state index is 0.791. The molecular formula is C12H19NO2. The number of methoxy groups -OCH3 is 1. The van der Waals surface area contributed by atoms with Crippen LogP contribution >= 0.6 is 0 Å². The van der Waals surface area contributed by atoms with Gasteiger partial charge < -0.3 is 14.8 Å². The fourth-order valence-electron chi connectivity index (χ4n) is 1.28. The maximum atomic E-state index is 5.25. The molecule has 0 spiro atoms. The van der Waals surface area contributed by atoms with Gasteiger partial charge in [-0.2, -0.15) is 0 Å². The van der Waals surface area contributed by atoms with Gasteiger partial charge in [0.1, 0.15) is 5.75 Å². The second kappa shape index (κ2) is 7.12. The molecule has 3 heteroatoms. The van der Waals surface area contributed by atoms with Crippen molar-refractivity contribution in [1.82, 2.24) is 0 Å². The van der Waals surface area contributed by atoms with Gasteiger partial charge in [0.25, 0.3) is 0 Å². The molecule has 0 atom stereocenters. The van der Waals surface area contributed by atoms with E-state index in [4.69, 9.17) is 9.47 Å². The highest BCUT2D eigenvalue weighted by Gasteiger charge is 1.94. The van der Waals surface area contributed by atoms with E-state index in [0.717, 1.165) is 37.6 Å². The Kier molecular flexibility index (Phi) is 5.63. The van der Waals surface area contributed by atoms with E-state index < -0.39 is 0 Å². The van der Waals surface area contributed by atoms with E-state index >= 15 is 0 Å². The molecule has 0 bridgehead atoms. The van der Waals surface area contributed by atoms with Crippen molar-refractivity contribution in [1.29, 1.82) is 0 Å². The fourth-order valence-corrected chi connectivity index (χ4v) is 1.28. The Labute approximate surface area is 91.4 Å². The van der Waals surface area contributed by atoms with Gasteiger partial charge in [-0.1, -0.05) is 6.07 Å². The molecule has 0 aliphatic rings. The molecule has 0 aromatic heterocycles. The SMILES string of the molecule is CCOCCCNc1cccc(OC)c1. The van der Waals surface area contributed by atoms with E-state index in [1.165, 1.54) is 0 Å². The van der Waals surface area contributed by atoms with Crippen molar-refractivity contribution in [3.63, 3.8) is 0 Å². The molecule has 1 aromatic rings. The summed E-state index contributed by atoms with van der Waals surface area (Å²) in [4.78, 5) is 0. The van der Waals surface area contributed by atoms with Crippen LogP contribution in [0.5, 0.6) is 5.75 Å². The molecule has 0 fully saturated rings. The summed E-state index contributed by atoms with van der Waals surface area (Å²) in [5, 5.41) is 3.32. The second-order valence-corrected chi connectivity index (χ2v) is 3.21. The lowest BCUT2D eigenvalue weighted by Gasteiger charge is -2.07. The first-order valence-electron chi connectivity index (χ1n) is 5.32. The number of nitrogens with one attached hydrogen (secondary N) is 1. The molecule has 0 aliphatic heterocycles. The van der Waals surface area contributed by atoms with E-state index in [0.29, 0.717) is 0 Å². The number of hydrogen-bond acceptors (Lipinski definition) is 3. The smallest absolute Gasteiger partial charge is 0.120 e. The summed E-state index contributed by atoms with van der Waals surface area (Å²) in [5.41, 5.74) is 1.09. The van der Waals surface area contributed by atoms with E-state index in [2.05, 4.69) is 5.32 Å². The van der Waals surface area contributed by atoms with Gasteiger partial charge in [-0.3, -0.25) is 0 Å². The van der Waals surface area contributed by atoms with Crippen LogP contribution in [0.3, 0.4) is 0 Å². The Morgan fingerprint density at radius 1 is 1.33 bits per heavy atom. The first kappa shape index (κ1) is 11.9. The van der Waals surface area contributed by atoms with Crippen LogP contribution in [0.2, 0.25) is 0 Å². The van der Waals surface area contributed by atoms with E-state index in [1.54, 1.807) is 7.11 Å². The summed E-state index contributed by atoms with van der Waals surface area (Å²) in [7, 11) is 1.67. The Morgan fingerprint density at radius 3 is 2.93 bits per heavy atom. The number of rotatable bonds is 7. The summed E-state index contributed by atoms with van der Waals surface area (Å²) >= 11 is 0. The Morgan fingerprint density at radius 2 is 2.20 bits per heavy atom. The zero-order chi connectivity index (χ0) is 10.9. The van der Waals surface area contributed by atoms with Crippen LogP contribution in [-0.4, -0.2) is 26.9 Å². The predicted octanol–water partition coefficient (Wildman–Crippen LogP) is 2.53. The fraction of sp³-hybridized carbons (Fsp3) is 0.500. The van der Waals surface area contributed by atoms with Crippen molar-refractivity contribution in [3.05, 3.63) is 24.3 Å². The molecule has 3 nitrogen and oxygen atoms in total. The Hall–Kier alpha value is -1.22. The lowest BCUT2D eigenvalue weighted by atomic mass is 10.3. The average Bonchev–Trinajstić information content (AvgIpc) is 2.29. The Bertz CT molecular complexity index is 276. The van der Waals surface area contributed by atoms with Gasteiger partial charge in [0.15, 0.2) is 0 Å². The van der Waals surface area contributed by atoms with Crippen molar-refractivity contribution >= 4 is 5.69 Å². The van der Waals surface area contributed by atoms with Crippen molar-refractivity contribution < 1.29 is 9.47 Å². The van der Waals surface area contributed by atoms with Crippen LogP contribution in [0.1, 0.15) is 13.3 Å². The third kappa shape index (κ3) is 4.70. The number of anilines is 1. The zero-order valence-corrected chi connectivity index (χ0v) is 9.45. The lowest BCUT2D eigenvalue weighted by molar-refractivity contribution is 0.147. The summed E-state index contributed by atoms with van der Waals surface area (Å²) in [6, 6.07) is 7.93. The van der Waals surface area contributed by atoms with Crippen LogP contribution in [0.4, 0.5) is 5.69 Å². The van der Waals surface area contributed by atoms with Gasteiger partial charge in [0, 0.05) is 31.5 Å². The van der Waals surface area contributed by atoms with Crippen molar-refractivity contribution in [3.8, 4) is 5.75 Å². The van der Waals surface area contributed by atoms with Gasteiger partial charge >= 0.3 is 0 Å². The predicted molar refractivity (Wildman–Crippen MR) is 62.6 cm³/mol. The maximum Gasteiger partial charge on any atom is 0.120 e. The first-order valence-corrected chi connectivity index (χ1v) is 5.32. The molecule has 0 radical (unpaired) electrons. The van der Waals surface area contributed by atoms with E-state index in [-0.39, 0.29) is 0 Å². The minimum absolute atomic E-state index is 0.791. The molecule has 84 valence electrons. The average molecular weight is 209 g/mol. The molecule has 0 saturated heterocycles. The molecule has 0 aliphatic carbocycles. The van der Waals surface area contributed by atoms with Crippen molar-refractivity contribution in [2.45, 2.75) is 13.3 Å². The number of hydrogen-bond donors (Lipinski definition) is 1. The summed E-state index contributed by atoms with van der Waals surface area (Å²) < 4.78 is 10.4. The molecule has 0 amide bonds. The molecule has 0 unspecified atom stereocenters. The van der Waals surface area contributed by atoms with Crippen LogP contribution in [0, 0.1) is 0 Å². The molecule has 1 aromatic carbocycles. The third-order valence-electron chi connectivity index (χ3n) is 2.07. The quantitative estimate of drug-likeness (QED) is 0.700. The first-order chi connectivity index (χ1) is 7.36. The molecule has 0 saturated carbocycles. The number of benzene rings is 1. The minimum Gasteiger partial charge on any atom is -0.497 e. The topological polar surface area (TPSA) is 30.5 Å². The third-order valence-corrected chi connectivity index (χ3v) is 2.07. The highest BCUT2D eigenvalue weighted by molar-refractivity contribution is 5.47. The number of ether oxygens (including phenoxy) is 2. The maximum absolute atomic E-state index is 5.25. The normalized spacial score (nSPS) is 10.0. The standard InChI is InChI=1S/C12H19NO2/c1-3-15-9-5-8-13-11-6-4-7-12(10-11)14-2/h4,6-7,10,13H,3,5,8-9H2,1-2H3. The molecular weight excluding hydrogens is 190 g/mol. The highest BCUT2D eigenvalue weighted by Crippen LogP contribution is 2.16. The molecule has 15 heavy (non-hydrogen) atoms. The molecule has 1 N–H and O–H groups in total. The van der Waals surface area contributed by atoms with Crippen LogP contribution < -0.4 is 10.1 Å². The van der Waals surface area contributed by atoms with Crippen LogP contribution in [0.25, 0.3) is 0 Å². The largest absolute Gasteiger partial charge is 0.497 e. The van der Waals surface area contributed by atoms with Gasteiger partial charge in [-0.15, -0.1) is 0 Å². The molecule has 1 rings (SSSR count). The van der Waals surface area contributed by atoms with Gasteiger partial charge in [0.2, 0.25) is 0 Å². The Balaban J connectivity index is 2.24. The molecule has 0 heterocycles.